The Morgan fingerprint density at radius 3 is 2.47 bits per heavy atom. The number of aromatic nitrogens is 8. The molecule has 0 aliphatic heterocycles. The van der Waals surface area contributed by atoms with Crippen molar-refractivity contribution in [3.63, 3.8) is 0 Å². The van der Waals surface area contributed by atoms with Gasteiger partial charge in [-0.05, 0) is 40.5 Å². The molecule has 34 heavy (non-hydrogen) atoms. The number of hydrogen-bond donors (Lipinski definition) is 1. The third-order valence-corrected chi connectivity index (χ3v) is 5.73. The molecule has 0 spiro atoms. The fourth-order valence-corrected chi connectivity index (χ4v) is 4.17. The smallest absolute Gasteiger partial charge is 0.318 e. The van der Waals surface area contributed by atoms with E-state index < -0.39 is 11.2 Å². The van der Waals surface area contributed by atoms with Crippen LogP contribution >= 0.6 is 0 Å². The maximum Gasteiger partial charge on any atom is 0.330 e. The van der Waals surface area contributed by atoms with Gasteiger partial charge in [-0.3, -0.25) is 14.3 Å². The highest BCUT2D eigenvalue weighted by atomic mass is 16.2. The van der Waals surface area contributed by atoms with E-state index in [1.54, 1.807) is 15.6 Å². The first-order valence-corrected chi connectivity index (χ1v) is 11.0. The standard InChI is InChI=1S/C24H24N8O2/c1-15(2)12-31-22-21(23(33)27-24(31)34)30(16(3)26-22)13-17-8-10-18(11-9-17)19-6-4-5-7-20(19)32-14-25-28-29-32/h4-11,14-15H,12-13H2,1-3H3,(H,27,33,34). The van der Waals surface area contributed by atoms with Gasteiger partial charge in [-0.25, -0.2) is 9.78 Å². The van der Waals surface area contributed by atoms with Crippen molar-refractivity contribution in [2.24, 2.45) is 5.92 Å². The van der Waals surface area contributed by atoms with Crippen molar-refractivity contribution in [1.82, 2.24) is 39.3 Å². The number of aromatic amines is 1. The van der Waals surface area contributed by atoms with Gasteiger partial charge >= 0.3 is 5.69 Å². The highest BCUT2D eigenvalue weighted by Gasteiger charge is 2.17. The molecule has 10 nitrogen and oxygen atoms in total. The Balaban J connectivity index is 1.52. The van der Waals surface area contributed by atoms with Crippen LogP contribution in [0.4, 0.5) is 0 Å². The zero-order valence-corrected chi connectivity index (χ0v) is 19.1. The molecule has 0 fully saturated rings. The zero-order chi connectivity index (χ0) is 23.8. The summed E-state index contributed by atoms with van der Waals surface area (Å²) in [6.45, 7) is 6.83. The van der Waals surface area contributed by atoms with Gasteiger partial charge in [-0.2, -0.15) is 4.68 Å². The summed E-state index contributed by atoms with van der Waals surface area (Å²) >= 11 is 0. The number of rotatable bonds is 6. The van der Waals surface area contributed by atoms with Crippen molar-refractivity contribution < 1.29 is 0 Å². The van der Waals surface area contributed by atoms with Crippen molar-refractivity contribution in [3.05, 3.63) is 87.1 Å². The number of para-hydroxylation sites is 1. The van der Waals surface area contributed by atoms with Crippen LogP contribution in [0.1, 0.15) is 25.2 Å². The van der Waals surface area contributed by atoms with Gasteiger partial charge in [0.25, 0.3) is 5.56 Å². The predicted octanol–water partition coefficient (Wildman–Crippen LogP) is 2.54. The van der Waals surface area contributed by atoms with E-state index in [9.17, 15) is 9.59 Å². The molecule has 10 heteroatoms. The Labute approximate surface area is 194 Å². The summed E-state index contributed by atoms with van der Waals surface area (Å²) in [6.07, 6.45) is 1.57. The quantitative estimate of drug-likeness (QED) is 0.420. The molecular formula is C24H24N8O2. The van der Waals surface area contributed by atoms with Crippen LogP contribution in [0.25, 0.3) is 28.0 Å². The number of H-pyrrole nitrogens is 1. The van der Waals surface area contributed by atoms with E-state index in [4.69, 9.17) is 0 Å². The molecule has 2 aromatic carbocycles. The first-order valence-electron chi connectivity index (χ1n) is 11.0. The molecule has 5 aromatic rings. The molecule has 0 aliphatic rings. The lowest BCUT2D eigenvalue weighted by atomic mass is 10.0. The number of imidazole rings is 1. The number of nitrogens with zero attached hydrogens (tertiary/aromatic N) is 7. The summed E-state index contributed by atoms with van der Waals surface area (Å²) in [5.41, 5.74) is 3.88. The molecule has 0 radical (unpaired) electrons. The van der Waals surface area contributed by atoms with E-state index in [1.807, 2.05) is 73.9 Å². The third-order valence-electron chi connectivity index (χ3n) is 5.73. The molecule has 3 heterocycles. The summed E-state index contributed by atoms with van der Waals surface area (Å²) < 4.78 is 5.03. The normalized spacial score (nSPS) is 11.5. The molecule has 0 bridgehead atoms. The topological polar surface area (TPSA) is 116 Å². The lowest BCUT2D eigenvalue weighted by molar-refractivity contribution is 0.513. The average molecular weight is 457 g/mol. The summed E-state index contributed by atoms with van der Waals surface area (Å²) in [7, 11) is 0. The Bertz CT molecular complexity index is 1570. The van der Waals surface area contributed by atoms with Gasteiger partial charge in [0.15, 0.2) is 11.2 Å². The largest absolute Gasteiger partial charge is 0.330 e. The van der Waals surface area contributed by atoms with Crippen LogP contribution in [0.15, 0.2) is 64.4 Å². The Kier molecular flexibility index (Phi) is 5.40. The minimum atomic E-state index is -0.429. The first kappa shape index (κ1) is 21.5. The number of nitrogens with one attached hydrogen (secondary N) is 1. The van der Waals surface area contributed by atoms with Gasteiger partial charge in [-0.15, -0.1) is 5.10 Å². The van der Waals surface area contributed by atoms with Crippen molar-refractivity contribution >= 4 is 11.2 Å². The fourth-order valence-electron chi connectivity index (χ4n) is 4.17. The molecule has 3 aromatic heterocycles. The van der Waals surface area contributed by atoms with E-state index in [1.165, 1.54) is 0 Å². The SMILES string of the molecule is Cc1nc2c(c(=O)[nH]c(=O)n2CC(C)C)n1Cc1ccc(-c2ccccc2-n2cnnn2)cc1. The molecular weight excluding hydrogens is 432 g/mol. The number of tetrazole rings is 1. The summed E-state index contributed by atoms with van der Waals surface area (Å²) in [4.78, 5) is 32.1. The highest BCUT2D eigenvalue weighted by molar-refractivity contribution is 5.73. The van der Waals surface area contributed by atoms with E-state index >= 15 is 0 Å². The number of aryl methyl sites for hydroxylation is 1. The summed E-state index contributed by atoms with van der Waals surface area (Å²) in [5, 5.41) is 11.5. The van der Waals surface area contributed by atoms with Crippen molar-refractivity contribution in [1.29, 1.82) is 0 Å². The summed E-state index contributed by atoms with van der Waals surface area (Å²) in [6, 6.07) is 16.0. The lowest BCUT2D eigenvalue weighted by Gasteiger charge is -2.11. The minimum absolute atomic E-state index is 0.237. The van der Waals surface area contributed by atoms with Crippen LogP contribution in [0.2, 0.25) is 0 Å². The van der Waals surface area contributed by atoms with Crippen LogP contribution in [0.3, 0.4) is 0 Å². The first-order chi connectivity index (χ1) is 16.4. The summed E-state index contributed by atoms with van der Waals surface area (Å²) in [5.74, 6) is 0.915. The molecule has 172 valence electrons. The highest BCUT2D eigenvalue weighted by Crippen LogP contribution is 2.26. The van der Waals surface area contributed by atoms with E-state index in [0.29, 0.717) is 30.1 Å². The maximum absolute atomic E-state index is 12.7. The molecule has 0 aliphatic carbocycles. The molecule has 1 N–H and O–H groups in total. The van der Waals surface area contributed by atoms with Crippen LogP contribution in [0.5, 0.6) is 0 Å². The number of benzene rings is 2. The van der Waals surface area contributed by atoms with Crippen molar-refractivity contribution in [2.45, 2.75) is 33.9 Å². The Hall–Kier alpha value is -4.34. The van der Waals surface area contributed by atoms with Crippen LogP contribution < -0.4 is 11.2 Å². The van der Waals surface area contributed by atoms with Crippen molar-refractivity contribution in [2.75, 3.05) is 0 Å². The molecule has 0 saturated heterocycles. The second-order valence-electron chi connectivity index (χ2n) is 8.65. The minimum Gasteiger partial charge on any atom is -0.318 e. The van der Waals surface area contributed by atoms with Gasteiger partial charge in [-0.1, -0.05) is 56.3 Å². The van der Waals surface area contributed by atoms with E-state index in [-0.39, 0.29) is 5.92 Å². The zero-order valence-electron chi connectivity index (χ0n) is 19.1. The lowest BCUT2D eigenvalue weighted by Crippen LogP contribution is -2.32. The van der Waals surface area contributed by atoms with E-state index in [2.05, 4.69) is 25.5 Å². The van der Waals surface area contributed by atoms with Crippen LogP contribution in [0, 0.1) is 12.8 Å². The average Bonchev–Trinajstić information content (AvgIpc) is 3.46. The molecule has 0 unspecified atom stereocenters. The van der Waals surface area contributed by atoms with Crippen LogP contribution in [-0.4, -0.2) is 39.3 Å². The fraction of sp³-hybridized carbons (Fsp3) is 0.250. The second-order valence-corrected chi connectivity index (χ2v) is 8.65. The third kappa shape index (κ3) is 3.83. The number of hydrogen-bond acceptors (Lipinski definition) is 6. The monoisotopic (exact) mass is 456 g/mol. The van der Waals surface area contributed by atoms with E-state index in [0.717, 1.165) is 22.4 Å². The van der Waals surface area contributed by atoms with Gasteiger partial charge < -0.3 is 4.57 Å². The van der Waals surface area contributed by atoms with Gasteiger partial charge in [0, 0.05) is 18.7 Å². The Morgan fingerprint density at radius 1 is 1.00 bits per heavy atom. The van der Waals surface area contributed by atoms with Gasteiger partial charge in [0.2, 0.25) is 0 Å². The molecule has 5 rings (SSSR count). The van der Waals surface area contributed by atoms with Gasteiger partial charge in [0.05, 0.1) is 5.69 Å². The molecule has 0 amide bonds. The molecule has 0 atom stereocenters. The number of fused-ring (bicyclic) bond motifs is 1. The second kappa shape index (κ2) is 8.54. The maximum atomic E-state index is 12.7. The van der Waals surface area contributed by atoms with Gasteiger partial charge in [0.1, 0.15) is 12.2 Å². The van der Waals surface area contributed by atoms with Crippen molar-refractivity contribution in [3.8, 4) is 16.8 Å². The Morgan fingerprint density at radius 2 is 1.76 bits per heavy atom. The molecule has 0 saturated carbocycles. The predicted molar refractivity (Wildman–Crippen MR) is 128 cm³/mol. The van der Waals surface area contributed by atoms with Crippen LogP contribution in [-0.2, 0) is 13.1 Å².